The van der Waals surface area contributed by atoms with Gasteiger partial charge in [0, 0.05) is 47.8 Å². The number of amides is 1. The summed E-state index contributed by atoms with van der Waals surface area (Å²) < 4.78 is 0. The molecule has 4 rings (SSSR count). The highest BCUT2D eigenvalue weighted by Crippen LogP contribution is 2.41. The van der Waals surface area contributed by atoms with Crippen LogP contribution >= 0.6 is 0 Å². The summed E-state index contributed by atoms with van der Waals surface area (Å²) in [5.41, 5.74) is 4.66. The van der Waals surface area contributed by atoms with E-state index in [4.69, 9.17) is 10.2 Å². The fraction of sp³-hybridized carbons (Fsp3) is 0.364. The Morgan fingerprint density at radius 1 is 1.17 bits per heavy atom. The minimum Gasteiger partial charge on any atom is -0.478 e. The van der Waals surface area contributed by atoms with Crippen molar-refractivity contribution in [2.75, 3.05) is 11.4 Å². The summed E-state index contributed by atoms with van der Waals surface area (Å²) in [7, 11) is 0. The number of para-hydroxylation sites is 1. The van der Waals surface area contributed by atoms with Crippen molar-refractivity contribution >= 4 is 23.5 Å². The molecule has 8 heteroatoms. The number of aliphatic carboxylic acids is 2. The Labute approximate surface area is 174 Å². The predicted molar refractivity (Wildman–Crippen MR) is 110 cm³/mol. The van der Waals surface area contributed by atoms with Crippen LogP contribution in [-0.2, 0) is 32.6 Å². The van der Waals surface area contributed by atoms with Crippen LogP contribution in [0.1, 0.15) is 37.2 Å². The Balaban J connectivity index is 0.000000275. The molecule has 2 aliphatic rings. The molecule has 30 heavy (non-hydrogen) atoms. The molecule has 2 aromatic rings. The van der Waals surface area contributed by atoms with E-state index in [1.807, 2.05) is 11.0 Å². The molecule has 1 unspecified atom stereocenters. The average molecular weight is 411 g/mol. The van der Waals surface area contributed by atoms with E-state index in [-0.39, 0.29) is 17.2 Å². The molecule has 0 radical (unpaired) electrons. The summed E-state index contributed by atoms with van der Waals surface area (Å²) in [4.78, 5) is 41.7. The van der Waals surface area contributed by atoms with Crippen molar-refractivity contribution in [1.82, 2.24) is 9.97 Å². The lowest BCUT2D eigenvalue weighted by atomic mass is 9.87. The highest BCUT2D eigenvalue weighted by Gasteiger charge is 2.40. The minimum absolute atomic E-state index is 0.0278. The number of fused-ring (bicyclic) bond motifs is 2. The fourth-order valence-electron chi connectivity index (χ4n) is 4.02. The van der Waals surface area contributed by atoms with Gasteiger partial charge in [0.05, 0.1) is 12.0 Å². The van der Waals surface area contributed by atoms with Gasteiger partial charge in [0.15, 0.2) is 0 Å². The van der Waals surface area contributed by atoms with E-state index >= 15 is 0 Å². The highest BCUT2D eigenvalue weighted by atomic mass is 16.4. The lowest BCUT2D eigenvalue weighted by Crippen LogP contribution is -2.40. The first-order chi connectivity index (χ1) is 14.2. The van der Waals surface area contributed by atoms with E-state index in [2.05, 4.69) is 42.0 Å². The number of hydrogen-bond donors (Lipinski definition) is 3. The molecule has 1 amide bonds. The largest absolute Gasteiger partial charge is 0.478 e. The summed E-state index contributed by atoms with van der Waals surface area (Å²) in [5, 5.41) is 15.6. The van der Waals surface area contributed by atoms with Gasteiger partial charge >= 0.3 is 11.9 Å². The number of carbonyl (C=O) groups excluding carboxylic acids is 1. The second-order valence-corrected chi connectivity index (χ2v) is 8.10. The number of carboxylic acid groups (broad SMARTS) is 2. The SMILES string of the molecule is CC1(C)CN(C(=O)C2CCc3nc[nH]c3C2)c2ccccc21.O=C(O)/C=C/C(=O)O. The quantitative estimate of drug-likeness (QED) is 0.667. The Bertz CT molecular complexity index is 976. The first-order valence-corrected chi connectivity index (χ1v) is 9.75. The topological polar surface area (TPSA) is 124 Å². The molecule has 0 bridgehead atoms. The minimum atomic E-state index is -1.26. The normalized spacial score (nSPS) is 18.9. The van der Waals surface area contributed by atoms with E-state index in [1.54, 1.807) is 6.33 Å². The third-order valence-electron chi connectivity index (χ3n) is 5.45. The molecule has 3 N–H and O–H groups in total. The Kier molecular flexibility index (Phi) is 6.05. The van der Waals surface area contributed by atoms with Crippen molar-refractivity contribution in [2.45, 2.75) is 38.5 Å². The zero-order valence-corrected chi connectivity index (χ0v) is 17.0. The lowest BCUT2D eigenvalue weighted by molar-refractivity contribution is -0.134. The second kappa shape index (κ2) is 8.52. The molecule has 8 nitrogen and oxygen atoms in total. The van der Waals surface area contributed by atoms with Crippen LogP contribution in [0.15, 0.2) is 42.7 Å². The summed E-state index contributed by atoms with van der Waals surface area (Å²) in [5.74, 6) is -2.19. The number of hydrogen-bond acceptors (Lipinski definition) is 4. The number of aromatic nitrogens is 2. The molecule has 1 aromatic heterocycles. The van der Waals surface area contributed by atoms with Gasteiger partial charge in [-0.3, -0.25) is 4.79 Å². The standard InChI is InChI=1S/C18H21N3O.C4H4O4/c1-18(2)10-21(16-6-4-3-5-13(16)18)17(22)12-7-8-14-15(9-12)20-11-19-14;5-3(6)1-2-4(7)8/h3-6,11-12H,7-10H2,1-2H3,(H,19,20);1-2H,(H,5,6)(H,7,8)/b;2-1+. The molecule has 1 atom stereocenters. The Hall–Kier alpha value is -3.42. The number of H-pyrrole nitrogens is 1. The molecule has 0 fully saturated rings. The number of aromatic amines is 1. The zero-order valence-electron chi connectivity index (χ0n) is 17.0. The van der Waals surface area contributed by atoms with Gasteiger partial charge < -0.3 is 20.1 Å². The summed E-state index contributed by atoms with van der Waals surface area (Å²) >= 11 is 0. The van der Waals surface area contributed by atoms with Crippen LogP contribution in [0.4, 0.5) is 5.69 Å². The monoisotopic (exact) mass is 411 g/mol. The maximum atomic E-state index is 13.1. The van der Waals surface area contributed by atoms with Gasteiger partial charge in [-0.15, -0.1) is 0 Å². The van der Waals surface area contributed by atoms with Crippen molar-refractivity contribution in [1.29, 1.82) is 0 Å². The Morgan fingerprint density at radius 2 is 1.83 bits per heavy atom. The number of carboxylic acids is 2. The van der Waals surface area contributed by atoms with Crippen LogP contribution in [0.3, 0.4) is 0 Å². The summed E-state index contributed by atoms with van der Waals surface area (Å²) in [6.07, 6.45) is 5.44. The highest BCUT2D eigenvalue weighted by molar-refractivity contribution is 5.98. The number of benzene rings is 1. The van der Waals surface area contributed by atoms with Crippen LogP contribution in [0.25, 0.3) is 0 Å². The number of aryl methyl sites for hydroxylation is 1. The van der Waals surface area contributed by atoms with Crippen molar-refractivity contribution in [3.8, 4) is 0 Å². The van der Waals surface area contributed by atoms with Gasteiger partial charge in [0.2, 0.25) is 5.91 Å². The van der Waals surface area contributed by atoms with Gasteiger partial charge in [0.1, 0.15) is 0 Å². The molecule has 1 aliphatic carbocycles. The third kappa shape index (κ3) is 4.59. The van der Waals surface area contributed by atoms with Gasteiger partial charge in [-0.25, -0.2) is 14.6 Å². The number of nitrogens with zero attached hydrogens (tertiary/aromatic N) is 2. The molecule has 0 spiro atoms. The Morgan fingerprint density at radius 3 is 2.50 bits per heavy atom. The van der Waals surface area contributed by atoms with E-state index in [0.29, 0.717) is 12.2 Å². The molecule has 0 saturated heterocycles. The fourth-order valence-corrected chi connectivity index (χ4v) is 4.02. The van der Waals surface area contributed by atoms with E-state index < -0.39 is 11.9 Å². The zero-order chi connectivity index (χ0) is 21.9. The molecule has 2 heterocycles. The van der Waals surface area contributed by atoms with Crippen LogP contribution in [0.5, 0.6) is 0 Å². The second-order valence-electron chi connectivity index (χ2n) is 8.10. The molecule has 1 aromatic carbocycles. The number of rotatable bonds is 3. The molecule has 1 aliphatic heterocycles. The molecule has 158 valence electrons. The predicted octanol–water partition coefficient (Wildman–Crippen LogP) is 2.55. The molecule has 0 saturated carbocycles. The first kappa shape index (κ1) is 21.3. The summed E-state index contributed by atoms with van der Waals surface area (Å²) in [6.45, 7) is 5.21. The lowest BCUT2D eigenvalue weighted by Gasteiger charge is -2.27. The van der Waals surface area contributed by atoms with Gasteiger partial charge in [-0.05, 0) is 24.5 Å². The summed E-state index contributed by atoms with van der Waals surface area (Å²) in [6, 6.07) is 8.31. The van der Waals surface area contributed by atoms with Gasteiger partial charge in [-0.2, -0.15) is 0 Å². The smallest absolute Gasteiger partial charge is 0.328 e. The molecular weight excluding hydrogens is 386 g/mol. The van der Waals surface area contributed by atoms with Crippen LogP contribution in [0, 0.1) is 5.92 Å². The molecular formula is C22H25N3O5. The number of anilines is 1. The van der Waals surface area contributed by atoms with Gasteiger partial charge in [0.25, 0.3) is 0 Å². The number of imidazole rings is 1. The first-order valence-electron chi connectivity index (χ1n) is 9.75. The van der Waals surface area contributed by atoms with Gasteiger partial charge in [-0.1, -0.05) is 32.0 Å². The van der Waals surface area contributed by atoms with Crippen molar-refractivity contribution in [3.63, 3.8) is 0 Å². The van der Waals surface area contributed by atoms with Crippen molar-refractivity contribution in [2.24, 2.45) is 5.92 Å². The maximum Gasteiger partial charge on any atom is 0.328 e. The van der Waals surface area contributed by atoms with Crippen molar-refractivity contribution < 1.29 is 24.6 Å². The van der Waals surface area contributed by atoms with Crippen LogP contribution < -0.4 is 4.90 Å². The number of carbonyl (C=O) groups is 3. The van der Waals surface area contributed by atoms with Crippen LogP contribution in [-0.4, -0.2) is 44.6 Å². The average Bonchev–Trinajstić information content (AvgIpc) is 3.28. The third-order valence-corrected chi connectivity index (χ3v) is 5.45. The van der Waals surface area contributed by atoms with E-state index in [1.165, 1.54) is 5.56 Å². The van der Waals surface area contributed by atoms with E-state index in [9.17, 15) is 14.4 Å². The number of nitrogens with one attached hydrogen (secondary N) is 1. The van der Waals surface area contributed by atoms with E-state index in [0.717, 1.165) is 42.9 Å². The van der Waals surface area contributed by atoms with Crippen molar-refractivity contribution in [3.05, 3.63) is 59.7 Å². The van der Waals surface area contributed by atoms with Crippen LogP contribution in [0.2, 0.25) is 0 Å². The maximum absolute atomic E-state index is 13.1.